The lowest BCUT2D eigenvalue weighted by Gasteiger charge is -2.36. The van der Waals surface area contributed by atoms with Crippen molar-refractivity contribution in [3.63, 3.8) is 0 Å². The average molecular weight is 567 g/mol. The van der Waals surface area contributed by atoms with Gasteiger partial charge in [-0.1, -0.05) is 23.3 Å². The molecule has 0 bridgehead atoms. The number of rotatable bonds is 7. The highest BCUT2D eigenvalue weighted by Crippen LogP contribution is 2.37. The molecule has 3 amide bonds. The molecule has 0 atom stereocenters. The van der Waals surface area contributed by atoms with Gasteiger partial charge in [0.15, 0.2) is 0 Å². The summed E-state index contributed by atoms with van der Waals surface area (Å²) in [5.74, 6) is -0.476. The van der Waals surface area contributed by atoms with Crippen LogP contribution in [0.25, 0.3) is 0 Å². The van der Waals surface area contributed by atoms with Crippen LogP contribution in [0.2, 0.25) is 0 Å². The Bertz CT molecular complexity index is 1300. The van der Waals surface area contributed by atoms with E-state index in [1.54, 1.807) is 31.2 Å². The van der Waals surface area contributed by atoms with Crippen LogP contribution in [-0.2, 0) is 9.31 Å². The van der Waals surface area contributed by atoms with Gasteiger partial charge in [-0.3, -0.25) is 15.0 Å². The van der Waals surface area contributed by atoms with Gasteiger partial charge in [0.25, 0.3) is 11.8 Å². The molecule has 0 aliphatic carbocycles. The number of hydrogen-bond acceptors (Lipinski definition) is 6. The van der Waals surface area contributed by atoms with Gasteiger partial charge in [0.05, 0.1) is 23.3 Å². The van der Waals surface area contributed by atoms with Gasteiger partial charge >= 0.3 is 13.2 Å². The molecule has 2 aromatic rings. The summed E-state index contributed by atoms with van der Waals surface area (Å²) < 4.78 is 18.5. The van der Waals surface area contributed by atoms with Crippen LogP contribution in [0.4, 0.5) is 4.79 Å². The Kier molecular flexibility index (Phi) is 9.15. The number of ether oxygens (including phenoxy) is 1. The Hall–Kier alpha value is -3.57. The van der Waals surface area contributed by atoms with Gasteiger partial charge in [-0.2, -0.15) is 0 Å². The maximum atomic E-state index is 13.7. The largest absolute Gasteiger partial charge is 0.498 e. The molecule has 0 aromatic heterocycles. The molecule has 0 spiro atoms. The van der Waals surface area contributed by atoms with Crippen LogP contribution < -0.4 is 20.9 Å². The van der Waals surface area contributed by atoms with Crippen LogP contribution in [0.3, 0.4) is 0 Å². The zero-order valence-electron chi connectivity index (χ0n) is 25.7. The maximum Gasteiger partial charge on any atom is 0.498 e. The molecule has 3 N–H and O–H groups in total. The summed E-state index contributed by atoms with van der Waals surface area (Å²) in [6, 6.07) is 8.92. The number of carboxylic acid groups (broad SMARTS) is 1. The molecule has 1 fully saturated rings. The second-order valence-electron chi connectivity index (χ2n) is 12.5. The molecular weight excluding hydrogens is 525 g/mol. The number of hydrazine groups is 1. The predicted octanol–water partition coefficient (Wildman–Crippen LogP) is 4.14. The lowest BCUT2D eigenvalue weighted by atomic mass is 9.76. The lowest BCUT2D eigenvalue weighted by Crippen LogP contribution is -2.56. The fourth-order valence-corrected chi connectivity index (χ4v) is 4.53. The van der Waals surface area contributed by atoms with Crippen LogP contribution in [0.15, 0.2) is 30.3 Å². The second kappa shape index (κ2) is 11.7. The van der Waals surface area contributed by atoms with E-state index in [1.807, 2.05) is 68.4 Å². The van der Waals surface area contributed by atoms with Crippen LogP contribution in [-0.4, -0.2) is 65.0 Å². The first-order valence-corrected chi connectivity index (χ1v) is 13.7. The quantitative estimate of drug-likeness (QED) is 0.261. The van der Waals surface area contributed by atoms with E-state index in [0.29, 0.717) is 22.3 Å². The molecule has 1 aliphatic heterocycles. The van der Waals surface area contributed by atoms with Crippen molar-refractivity contribution in [1.29, 1.82) is 0 Å². The van der Waals surface area contributed by atoms with Crippen molar-refractivity contribution in [3.05, 3.63) is 58.1 Å². The van der Waals surface area contributed by atoms with Gasteiger partial charge in [0.2, 0.25) is 0 Å². The van der Waals surface area contributed by atoms with Gasteiger partial charge in [0.1, 0.15) is 12.4 Å². The zero-order valence-corrected chi connectivity index (χ0v) is 25.7. The molecule has 0 unspecified atom stereocenters. The van der Waals surface area contributed by atoms with E-state index in [-0.39, 0.29) is 24.6 Å². The van der Waals surface area contributed by atoms with E-state index in [1.165, 1.54) is 5.01 Å². The predicted molar refractivity (Wildman–Crippen MR) is 158 cm³/mol. The minimum absolute atomic E-state index is 0.0179. The van der Waals surface area contributed by atoms with Crippen LogP contribution in [0.1, 0.15) is 85.9 Å². The van der Waals surface area contributed by atoms with E-state index in [9.17, 15) is 14.4 Å². The van der Waals surface area contributed by atoms with E-state index >= 15 is 0 Å². The minimum atomic E-state index is -1.17. The van der Waals surface area contributed by atoms with Crippen LogP contribution >= 0.6 is 0 Å². The summed E-state index contributed by atoms with van der Waals surface area (Å²) in [4.78, 5) is 38.2. The molecule has 41 heavy (non-hydrogen) atoms. The molecule has 2 aromatic carbocycles. The Morgan fingerprint density at radius 3 is 2.05 bits per heavy atom. The number of nitrogens with zero attached hydrogens (tertiary/aromatic N) is 1. The van der Waals surface area contributed by atoms with Crippen molar-refractivity contribution < 1.29 is 33.5 Å². The normalized spacial score (nSPS) is 15.8. The third-order valence-corrected chi connectivity index (χ3v) is 7.37. The summed E-state index contributed by atoms with van der Waals surface area (Å²) in [5, 5.41) is 12.5. The molecule has 1 heterocycles. The number of benzene rings is 2. The fraction of sp³-hybridized carbons (Fsp3) is 0.500. The van der Waals surface area contributed by atoms with Gasteiger partial charge < -0.3 is 24.5 Å². The molecule has 222 valence electrons. The van der Waals surface area contributed by atoms with Crippen molar-refractivity contribution in [1.82, 2.24) is 15.8 Å². The molecule has 0 saturated carbocycles. The van der Waals surface area contributed by atoms with E-state index in [0.717, 1.165) is 11.1 Å². The molecule has 11 heteroatoms. The number of aryl methyl sites for hydroxylation is 2. The van der Waals surface area contributed by atoms with Crippen molar-refractivity contribution >= 4 is 30.5 Å². The van der Waals surface area contributed by atoms with Gasteiger partial charge in [0, 0.05) is 22.2 Å². The second-order valence-corrected chi connectivity index (χ2v) is 12.5. The van der Waals surface area contributed by atoms with E-state index in [2.05, 4.69) is 10.7 Å². The molecular formula is C30H42BN3O7. The molecule has 10 nitrogen and oxygen atoms in total. The molecule has 1 aliphatic rings. The summed E-state index contributed by atoms with van der Waals surface area (Å²) >= 11 is 0. The minimum Gasteiger partial charge on any atom is -0.492 e. The molecule has 3 rings (SSSR count). The summed E-state index contributed by atoms with van der Waals surface area (Å²) in [6.07, 6.45) is -1.17. The van der Waals surface area contributed by atoms with Gasteiger partial charge in [-0.05, 0) is 87.4 Å². The third-order valence-electron chi connectivity index (χ3n) is 7.37. The van der Waals surface area contributed by atoms with Crippen molar-refractivity contribution in [3.8, 4) is 5.75 Å². The number of hydrogen-bond donors (Lipinski definition) is 3. The highest BCUT2D eigenvalue weighted by molar-refractivity contribution is 6.63. The summed E-state index contributed by atoms with van der Waals surface area (Å²) in [7, 11) is -0.768. The lowest BCUT2D eigenvalue weighted by molar-refractivity contribution is 0.00578. The Morgan fingerprint density at radius 1 is 0.976 bits per heavy atom. The van der Waals surface area contributed by atoms with Gasteiger partial charge in [-0.15, -0.1) is 0 Å². The first kappa shape index (κ1) is 32.0. The first-order valence-electron chi connectivity index (χ1n) is 13.7. The van der Waals surface area contributed by atoms with Crippen molar-refractivity contribution in [2.75, 3.05) is 13.2 Å². The van der Waals surface area contributed by atoms with Crippen molar-refractivity contribution in [2.24, 2.45) is 0 Å². The van der Waals surface area contributed by atoms with Crippen LogP contribution in [0.5, 0.6) is 5.75 Å². The van der Waals surface area contributed by atoms with Gasteiger partial charge in [-0.25, -0.2) is 9.80 Å². The number of amides is 3. The number of carbonyl (C=O) groups excluding carboxylic acids is 2. The highest BCUT2D eigenvalue weighted by atomic mass is 16.7. The Balaban J connectivity index is 1.98. The highest BCUT2D eigenvalue weighted by Gasteiger charge is 2.52. The smallest absolute Gasteiger partial charge is 0.492 e. The summed E-state index contributed by atoms with van der Waals surface area (Å²) in [6.45, 7) is 18.9. The fourth-order valence-electron chi connectivity index (χ4n) is 4.53. The Labute approximate surface area is 242 Å². The first-order chi connectivity index (χ1) is 18.8. The maximum absolute atomic E-state index is 13.7. The zero-order chi connectivity index (χ0) is 30.9. The standard InChI is InChI=1S/C30H42BN3O7/c1-18-15-19(2)17-21(16-18)26(36)34(28(4,5)6)33-25(35)22-11-12-23(31-40-29(7,8)30(9,10)41-31)24(20(22)3)39-14-13-32-27(37)38/h11-12,15-17,32H,13-14H2,1-10H3,(H,33,35)(H,37,38). The molecule has 1 saturated heterocycles. The molecule has 0 radical (unpaired) electrons. The number of carbonyl (C=O) groups is 3. The Morgan fingerprint density at radius 2 is 1.54 bits per heavy atom. The monoisotopic (exact) mass is 567 g/mol. The van der Waals surface area contributed by atoms with E-state index in [4.69, 9.17) is 19.2 Å². The van der Waals surface area contributed by atoms with E-state index < -0.39 is 35.9 Å². The van der Waals surface area contributed by atoms with Crippen molar-refractivity contribution in [2.45, 2.75) is 86.0 Å². The SMILES string of the molecule is Cc1cc(C)cc(C(=O)N(NC(=O)c2ccc(B3OC(C)(C)C(C)(C)O3)c(OCCNC(=O)O)c2C)C(C)(C)C)c1. The summed E-state index contributed by atoms with van der Waals surface area (Å²) in [5.41, 5.74) is 4.59. The third kappa shape index (κ3) is 7.21. The topological polar surface area (TPSA) is 126 Å². The average Bonchev–Trinajstić information content (AvgIpc) is 3.05. The van der Waals surface area contributed by atoms with Crippen LogP contribution in [0, 0.1) is 20.8 Å². The number of nitrogens with one attached hydrogen (secondary N) is 2.